The van der Waals surface area contributed by atoms with Crippen molar-refractivity contribution in [3.63, 3.8) is 0 Å². The highest BCUT2D eigenvalue weighted by molar-refractivity contribution is 7.85. The van der Waals surface area contributed by atoms with Crippen LogP contribution >= 0.6 is 0 Å². The van der Waals surface area contributed by atoms with Gasteiger partial charge in [-0.25, -0.2) is 0 Å². The Morgan fingerprint density at radius 3 is 2.70 bits per heavy atom. The Bertz CT molecular complexity index is 150. The van der Waals surface area contributed by atoms with Crippen LogP contribution in [0.25, 0.3) is 0 Å². The molecule has 0 aromatic heterocycles. The molecule has 0 rings (SSSR count). The topological polar surface area (TPSA) is 40.9 Å². The van der Waals surface area contributed by atoms with E-state index in [0.29, 0.717) is 6.42 Å². The van der Waals surface area contributed by atoms with E-state index >= 15 is 0 Å². The molecule has 2 atom stereocenters. The van der Waals surface area contributed by atoms with Crippen LogP contribution in [0.5, 0.6) is 0 Å². The molecule has 2 unspecified atom stereocenters. The standard InChI is InChI=1S/C7H13NOS/c1-3-6-10(9)7(2)4-5-8/h7H,3-4,6H2,1-2H3. The molecule has 2 nitrogen and oxygen atoms in total. The lowest BCUT2D eigenvalue weighted by molar-refractivity contribution is 0.672. The van der Waals surface area contributed by atoms with Crippen LogP contribution in [0.3, 0.4) is 0 Å². The molecule has 0 saturated heterocycles. The lowest BCUT2D eigenvalue weighted by atomic mass is 10.4. The molecule has 0 aromatic carbocycles. The van der Waals surface area contributed by atoms with Crippen LogP contribution in [-0.4, -0.2) is 15.2 Å². The molecule has 0 aliphatic heterocycles. The lowest BCUT2D eigenvalue weighted by Gasteiger charge is -2.04. The van der Waals surface area contributed by atoms with E-state index in [1.54, 1.807) is 0 Å². The van der Waals surface area contributed by atoms with Crippen LogP contribution in [-0.2, 0) is 10.8 Å². The van der Waals surface area contributed by atoms with E-state index < -0.39 is 10.8 Å². The number of hydrogen-bond acceptors (Lipinski definition) is 2. The van der Waals surface area contributed by atoms with E-state index in [9.17, 15) is 4.21 Å². The van der Waals surface area contributed by atoms with Gasteiger partial charge in [-0.05, 0) is 13.3 Å². The van der Waals surface area contributed by atoms with Crippen molar-refractivity contribution in [2.45, 2.75) is 31.9 Å². The third-order valence-corrected chi connectivity index (χ3v) is 3.11. The van der Waals surface area contributed by atoms with Crippen molar-refractivity contribution in [1.82, 2.24) is 0 Å². The zero-order chi connectivity index (χ0) is 7.98. The molecule has 0 heterocycles. The van der Waals surface area contributed by atoms with Gasteiger partial charge in [0.25, 0.3) is 0 Å². The third-order valence-electron chi connectivity index (χ3n) is 1.23. The van der Waals surface area contributed by atoms with Crippen molar-refractivity contribution in [3.05, 3.63) is 0 Å². The molecule has 0 saturated carbocycles. The van der Waals surface area contributed by atoms with Crippen LogP contribution in [0.15, 0.2) is 0 Å². The normalized spacial score (nSPS) is 15.7. The van der Waals surface area contributed by atoms with Crippen molar-refractivity contribution >= 4 is 10.8 Å². The highest BCUT2D eigenvalue weighted by Gasteiger charge is 2.07. The minimum atomic E-state index is -0.787. The van der Waals surface area contributed by atoms with Crippen LogP contribution in [0.1, 0.15) is 26.7 Å². The molecule has 0 spiro atoms. The van der Waals surface area contributed by atoms with Gasteiger partial charge in [0.2, 0.25) is 0 Å². The summed E-state index contributed by atoms with van der Waals surface area (Å²) in [6.45, 7) is 3.85. The molecule has 0 N–H and O–H groups in total. The van der Waals surface area contributed by atoms with Gasteiger partial charge in [-0.1, -0.05) is 6.92 Å². The summed E-state index contributed by atoms with van der Waals surface area (Å²) in [5.74, 6) is 0.725. The van der Waals surface area contributed by atoms with E-state index in [1.165, 1.54) is 0 Å². The highest BCUT2D eigenvalue weighted by atomic mass is 32.2. The first-order valence-corrected chi connectivity index (χ1v) is 4.84. The number of nitrogens with zero attached hydrogens (tertiary/aromatic N) is 1. The molecule has 0 fully saturated rings. The van der Waals surface area contributed by atoms with Gasteiger partial charge in [0, 0.05) is 28.2 Å². The zero-order valence-corrected chi connectivity index (χ0v) is 7.28. The Kier molecular flexibility index (Phi) is 5.23. The summed E-state index contributed by atoms with van der Waals surface area (Å²) in [7, 11) is -0.787. The van der Waals surface area contributed by atoms with E-state index in [2.05, 4.69) is 0 Å². The molecule has 58 valence electrons. The smallest absolute Gasteiger partial charge is 0.0634 e. The highest BCUT2D eigenvalue weighted by Crippen LogP contribution is 2.01. The average molecular weight is 159 g/mol. The summed E-state index contributed by atoms with van der Waals surface area (Å²) in [6.07, 6.45) is 1.34. The minimum Gasteiger partial charge on any atom is -0.259 e. The largest absolute Gasteiger partial charge is 0.259 e. The molecular formula is C7H13NOS. The van der Waals surface area contributed by atoms with Crippen molar-refractivity contribution in [1.29, 1.82) is 5.26 Å². The second-order valence-electron chi connectivity index (χ2n) is 2.26. The molecule has 0 radical (unpaired) electrons. The molecule has 10 heavy (non-hydrogen) atoms. The summed E-state index contributed by atoms with van der Waals surface area (Å²) >= 11 is 0. The summed E-state index contributed by atoms with van der Waals surface area (Å²) in [6, 6.07) is 2.01. The van der Waals surface area contributed by atoms with Crippen molar-refractivity contribution in [2.75, 3.05) is 5.75 Å². The molecule has 0 aliphatic rings. The third kappa shape index (κ3) is 3.62. The van der Waals surface area contributed by atoms with Crippen LogP contribution in [0, 0.1) is 11.3 Å². The van der Waals surface area contributed by atoms with Gasteiger partial charge in [0.1, 0.15) is 0 Å². The van der Waals surface area contributed by atoms with Crippen molar-refractivity contribution < 1.29 is 4.21 Å². The van der Waals surface area contributed by atoms with Gasteiger partial charge in [0.05, 0.1) is 6.07 Å². The maximum atomic E-state index is 11.1. The molecule has 3 heteroatoms. The van der Waals surface area contributed by atoms with Gasteiger partial charge in [-0.15, -0.1) is 0 Å². The predicted molar refractivity (Wildman–Crippen MR) is 43.0 cm³/mol. The Morgan fingerprint density at radius 2 is 2.30 bits per heavy atom. The second-order valence-corrected chi connectivity index (χ2v) is 4.23. The summed E-state index contributed by atoms with van der Waals surface area (Å²) in [5.41, 5.74) is 0. The fourth-order valence-corrected chi connectivity index (χ4v) is 1.69. The van der Waals surface area contributed by atoms with Gasteiger partial charge < -0.3 is 0 Å². The lowest BCUT2D eigenvalue weighted by Crippen LogP contribution is -2.12. The second kappa shape index (κ2) is 5.43. The first-order chi connectivity index (χ1) is 4.72. The SMILES string of the molecule is CCCS(=O)C(C)CC#N. The molecule has 0 amide bonds. The average Bonchev–Trinajstić information content (AvgIpc) is 1.89. The van der Waals surface area contributed by atoms with Gasteiger partial charge in [0.15, 0.2) is 0 Å². The van der Waals surface area contributed by atoms with Crippen LogP contribution in [0.2, 0.25) is 0 Å². The molecular weight excluding hydrogens is 146 g/mol. The van der Waals surface area contributed by atoms with Crippen molar-refractivity contribution in [2.24, 2.45) is 0 Å². The fraction of sp³-hybridized carbons (Fsp3) is 0.857. The first kappa shape index (κ1) is 9.64. The Hall–Kier alpha value is -0.360. The maximum Gasteiger partial charge on any atom is 0.0634 e. The van der Waals surface area contributed by atoms with Gasteiger partial charge in [-0.3, -0.25) is 4.21 Å². The van der Waals surface area contributed by atoms with E-state index in [4.69, 9.17) is 5.26 Å². The van der Waals surface area contributed by atoms with Gasteiger partial charge >= 0.3 is 0 Å². The molecule has 0 bridgehead atoms. The molecule has 0 aliphatic carbocycles. The first-order valence-electron chi connectivity index (χ1n) is 3.46. The number of nitriles is 1. The van der Waals surface area contributed by atoms with Crippen LogP contribution in [0.4, 0.5) is 0 Å². The monoisotopic (exact) mass is 159 g/mol. The van der Waals surface area contributed by atoms with Crippen molar-refractivity contribution in [3.8, 4) is 6.07 Å². The Balaban J connectivity index is 3.62. The maximum absolute atomic E-state index is 11.1. The quantitative estimate of drug-likeness (QED) is 0.623. The predicted octanol–water partition coefficient (Wildman–Crippen LogP) is 1.45. The number of hydrogen-bond donors (Lipinski definition) is 0. The van der Waals surface area contributed by atoms with E-state index in [-0.39, 0.29) is 5.25 Å². The Morgan fingerprint density at radius 1 is 1.70 bits per heavy atom. The zero-order valence-electron chi connectivity index (χ0n) is 6.46. The fourth-order valence-electron chi connectivity index (χ4n) is 0.624. The number of rotatable bonds is 4. The van der Waals surface area contributed by atoms with E-state index in [1.807, 2.05) is 19.9 Å². The summed E-state index contributed by atoms with van der Waals surface area (Å²) in [5, 5.41) is 8.32. The summed E-state index contributed by atoms with van der Waals surface area (Å²) in [4.78, 5) is 0. The Labute approximate surface area is 64.7 Å². The summed E-state index contributed by atoms with van der Waals surface area (Å²) < 4.78 is 11.1. The molecule has 0 aromatic rings. The van der Waals surface area contributed by atoms with E-state index in [0.717, 1.165) is 12.2 Å². The van der Waals surface area contributed by atoms with Crippen LogP contribution < -0.4 is 0 Å². The van der Waals surface area contributed by atoms with Gasteiger partial charge in [-0.2, -0.15) is 5.26 Å². The minimum absolute atomic E-state index is 0.0462.